The van der Waals surface area contributed by atoms with Crippen LogP contribution in [0, 0.1) is 0 Å². The van der Waals surface area contributed by atoms with Gasteiger partial charge in [-0.1, -0.05) is 0 Å². The molecule has 0 radical (unpaired) electrons. The van der Waals surface area contributed by atoms with Crippen molar-refractivity contribution in [2.75, 3.05) is 17.3 Å². The van der Waals surface area contributed by atoms with Gasteiger partial charge >= 0.3 is 5.97 Å². The van der Waals surface area contributed by atoms with Gasteiger partial charge < -0.3 is 16.2 Å². The third kappa shape index (κ3) is 5.33. The highest BCUT2D eigenvalue weighted by Gasteiger charge is 2.16. The molecule has 1 rings (SSSR count). The molecule has 4 N–H and O–H groups in total. The summed E-state index contributed by atoms with van der Waals surface area (Å²) < 4.78 is 21.9. The Labute approximate surface area is 115 Å². The number of nitrogens with zero attached hydrogens (tertiary/aromatic N) is 1. The zero-order valence-electron chi connectivity index (χ0n) is 10.7. The van der Waals surface area contributed by atoms with Gasteiger partial charge in [0.05, 0.1) is 23.7 Å². The molecule has 20 heavy (non-hydrogen) atoms. The zero-order chi connectivity index (χ0) is 15.3. The average Bonchev–Trinajstić information content (AvgIpc) is 2.35. The molecule has 1 aromatic rings. The SMILES string of the molecule is CS(=O)(=O)CCC(N)C(=O)Nc1ccc(C(=O)O)nc1. The summed E-state index contributed by atoms with van der Waals surface area (Å²) in [7, 11) is -3.18. The Bertz CT molecular complexity index is 597. The minimum Gasteiger partial charge on any atom is -0.477 e. The molecule has 110 valence electrons. The van der Waals surface area contributed by atoms with Crippen LogP contribution in [0.15, 0.2) is 18.3 Å². The average molecular weight is 301 g/mol. The topological polar surface area (TPSA) is 139 Å². The van der Waals surface area contributed by atoms with Crippen molar-refractivity contribution in [3.63, 3.8) is 0 Å². The number of carboxylic acids is 1. The van der Waals surface area contributed by atoms with Gasteiger partial charge in [0.15, 0.2) is 0 Å². The number of carboxylic acid groups (broad SMARTS) is 1. The lowest BCUT2D eigenvalue weighted by Gasteiger charge is -2.11. The zero-order valence-corrected chi connectivity index (χ0v) is 11.6. The standard InChI is InChI=1S/C11H15N3O5S/c1-20(18,19)5-4-8(12)10(15)14-7-2-3-9(11(16)17)13-6-7/h2-3,6,8H,4-5,12H2,1H3,(H,14,15)(H,16,17). The van der Waals surface area contributed by atoms with Crippen molar-refractivity contribution in [1.29, 1.82) is 0 Å². The van der Waals surface area contributed by atoms with Crippen LogP contribution < -0.4 is 11.1 Å². The molecule has 0 aliphatic heterocycles. The van der Waals surface area contributed by atoms with Crippen LogP contribution >= 0.6 is 0 Å². The molecule has 9 heteroatoms. The Kier molecular flexibility index (Phi) is 5.17. The summed E-state index contributed by atoms with van der Waals surface area (Å²) >= 11 is 0. The summed E-state index contributed by atoms with van der Waals surface area (Å²) in [6.45, 7) is 0. The molecular weight excluding hydrogens is 286 g/mol. The normalized spacial score (nSPS) is 12.7. The fraction of sp³-hybridized carbons (Fsp3) is 0.364. The lowest BCUT2D eigenvalue weighted by molar-refractivity contribution is -0.117. The number of anilines is 1. The number of amides is 1. The van der Waals surface area contributed by atoms with Gasteiger partial charge in [-0.05, 0) is 18.6 Å². The van der Waals surface area contributed by atoms with Crippen LogP contribution in [0.3, 0.4) is 0 Å². The number of hydrogen-bond donors (Lipinski definition) is 3. The first-order valence-electron chi connectivity index (χ1n) is 5.62. The molecule has 0 fully saturated rings. The van der Waals surface area contributed by atoms with E-state index < -0.39 is 27.8 Å². The van der Waals surface area contributed by atoms with Crippen LogP contribution in [0.25, 0.3) is 0 Å². The summed E-state index contributed by atoms with van der Waals surface area (Å²) in [6.07, 6.45) is 2.25. The van der Waals surface area contributed by atoms with E-state index in [1.54, 1.807) is 0 Å². The van der Waals surface area contributed by atoms with E-state index in [9.17, 15) is 18.0 Å². The highest BCUT2D eigenvalue weighted by Crippen LogP contribution is 2.07. The van der Waals surface area contributed by atoms with E-state index >= 15 is 0 Å². The maximum Gasteiger partial charge on any atom is 0.354 e. The van der Waals surface area contributed by atoms with Gasteiger partial charge in [0.1, 0.15) is 15.5 Å². The number of carbonyl (C=O) groups is 2. The van der Waals surface area contributed by atoms with Crippen molar-refractivity contribution in [2.24, 2.45) is 5.73 Å². The molecule has 0 spiro atoms. The maximum atomic E-state index is 11.7. The second-order valence-corrected chi connectivity index (χ2v) is 6.51. The molecule has 0 aliphatic rings. The summed E-state index contributed by atoms with van der Waals surface area (Å²) in [6, 6.07) is 1.64. The van der Waals surface area contributed by atoms with Crippen LogP contribution in [0.2, 0.25) is 0 Å². The number of pyridine rings is 1. The molecule has 1 atom stereocenters. The molecule has 0 saturated carbocycles. The molecule has 0 aliphatic carbocycles. The van der Waals surface area contributed by atoms with Gasteiger partial charge in [-0.2, -0.15) is 0 Å². The van der Waals surface area contributed by atoms with Crippen molar-refractivity contribution in [3.8, 4) is 0 Å². The van der Waals surface area contributed by atoms with Crippen molar-refractivity contribution >= 4 is 27.4 Å². The fourth-order valence-corrected chi connectivity index (χ4v) is 1.98. The van der Waals surface area contributed by atoms with E-state index in [1.807, 2.05) is 0 Å². The maximum absolute atomic E-state index is 11.7. The largest absolute Gasteiger partial charge is 0.477 e. The number of sulfone groups is 1. The molecule has 1 heterocycles. The lowest BCUT2D eigenvalue weighted by atomic mass is 10.2. The van der Waals surface area contributed by atoms with E-state index in [2.05, 4.69) is 10.3 Å². The van der Waals surface area contributed by atoms with Crippen molar-refractivity contribution in [3.05, 3.63) is 24.0 Å². The Morgan fingerprint density at radius 1 is 1.45 bits per heavy atom. The monoisotopic (exact) mass is 301 g/mol. The predicted octanol–water partition coefficient (Wildman–Crippen LogP) is -0.520. The van der Waals surface area contributed by atoms with Crippen LogP contribution in [0.4, 0.5) is 5.69 Å². The van der Waals surface area contributed by atoms with Gasteiger partial charge in [0, 0.05) is 6.26 Å². The lowest BCUT2D eigenvalue weighted by Crippen LogP contribution is -2.37. The predicted molar refractivity (Wildman–Crippen MR) is 72.1 cm³/mol. The van der Waals surface area contributed by atoms with Crippen molar-refractivity contribution in [1.82, 2.24) is 4.98 Å². The fourth-order valence-electron chi connectivity index (χ4n) is 1.30. The minimum absolute atomic E-state index is 0.00526. The van der Waals surface area contributed by atoms with Crippen molar-refractivity contribution in [2.45, 2.75) is 12.5 Å². The first kappa shape index (κ1) is 16.1. The Hall–Kier alpha value is -2.00. The summed E-state index contributed by atoms with van der Waals surface area (Å²) in [4.78, 5) is 25.9. The first-order chi connectivity index (χ1) is 9.19. The van der Waals surface area contributed by atoms with E-state index in [-0.39, 0.29) is 23.6 Å². The Balaban J connectivity index is 2.59. The van der Waals surface area contributed by atoms with Crippen LogP contribution in [0.5, 0.6) is 0 Å². The number of hydrogen-bond acceptors (Lipinski definition) is 6. The molecule has 1 unspecified atom stereocenters. The van der Waals surface area contributed by atoms with Crippen LogP contribution in [-0.4, -0.2) is 48.4 Å². The van der Waals surface area contributed by atoms with E-state index in [1.165, 1.54) is 18.3 Å². The number of rotatable bonds is 6. The summed E-state index contributed by atoms with van der Waals surface area (Å²) in [5, 5.41) is 11.1. The number of nitrogens with two attached hydrogens (primary N) is 1. The Morgan fingerprint density at radius 3 is 2.55 bits per heavy atom. The Morgan fingerprint density at radius 2 is 2.10 bits per heavy atom. The second-order valence-electron chi connectivity index (χ2n) is 4.25. The number of aromatic nitrogens is 1. The summed E-state index contributed by atoms with van der Waals surface area (Å²) in [5.74, 6) is -1.91. The van der Waals surface area contributed by atoms with Gasteiger partial charge in [-0.25, -0.2) is 18.2 Å². The third-order valence-corrected chi connectivity index (χ3v) is 3.36. The number of nitrogens with one attached hydrogen (secondary N) is 1. The second kappa shape index (κ2) is 6.44. The molecule has 0 saturated heterocycles. The first-order valence-corrected chi connectivity index (χ1v) is 7.68. The van der Waals surface area contributed by atoms with E-state index in [4.69, 9.17) is 10.8 Å². The molecule has 0 aromatic carbocycles. The molecule has 8 nitrogen and oxygen atoms in total. The van der Waals surface area contributed by atoms with E-state index in [0.29, 0.717) is 0 Å². The van der Waals surface area contributed by atoms with Crippen molar-refractivity contribution < 1.29 is 23.1 Å². The number of carbonyl (C=O) groups excluding carboxylic acids is 1. The van der Waals surface area contributed by atoms with Gasteiger partial charge in [-0.15, -0.1) is 0 Å². The van der Waals surface area contributed by atoms with Gasteiger partial charge in [-0.3, -0.25) is 4.79 Å². The minimum atomic E-state index is -3.18. The van der Waals surface area contributed by atoms with Crippen LogP contribution in [0.1, 0.15) is 16.9 Å². The molecule has 1 aromatic heterocycles. The highest BCUT2D eigenvalue weighted by atomic mass is 32.2. The molecule has 1 amide bonds. The highest BCUT2D eigenvalue weighted by molar-refractivity contribution is 7.90. The smallest absolute Gasteiger partial charge is 0.354 e. The summed E-state index contributed by atoms with van der Waals surface area (Å²) in [5.41, 5.74) is 5.70. The van der Waals surface area contributed by atoms with Gasteiger partial charge in [0.2, 0.25) is 5.91 Å². The number of aromatic carboxylic acids is 1. The third-order valence-electron chi connectivity index (χ3n) is 2.39. The quantitative estimate of drug-likeness (QED) is 0.642. The van der Waals surface area contributed by atoms with E-state index in [0.717, 1.165) is 6.26 Å². The molecule has 0 bridgehead atoms. The molecular formula is C11H15N3O5S. The van der Waals surface area contributed by atoms with Gasteiger partial charge in [0.25, 0.3) is 0 Å². The van der Waals surface area contributed by atoms with Crippen LogP contribution in [-0.2, 0) is 14.6 Å².